The van der Waals surface area contributed by atoms with Gasteiger partial charge >= 0.3 is 0 Å². The number of anilines is 1. The van der Waals surface area contributed by atoms with Crippen LogP contribution in [-0.4, -0.2) is 49.6 Å². The Balaban J connectivity index is 0.000000960. The summed E-state index contributed by atoms with van der Waals surface area (Å²) in [6.07, 6.45) is 3.68. The number of halogens is 2. The molecule has 1 N–H and O–H groups in total. The lowest BCUT2D eigenvalue weighted by atomic mass is 10.1. The number of amides is 1. The average molecular weight is 358 g/mol. The third-order valence-electron chi connectivity index (χ3n) is 5.23. The van der Waals surface area contributed by atoms with Crippen LogP contribution < -0.4 is 10.2 Å². The minimum atomic E-state index is 0. The van der Waals surface area contributed by atoms with Gasteiger partial charge in [-0.05, 0) is 43.9 Å². The second kappa shape index (κ2) is 7.73. The number of hydrogen-bond acceptors (Lipinski definition) is 3. The molecule has 3 heterocycles. The first-order valence-corrected chi connectivity index (χ1v) is 8.19. The number of hydrogen-bond donors (Lipinski definition) is 1. The maximum absolute atomic E-state index is 12.9. The van der Waals surface area contributed by atoms with E-state index in [2.05, 4.69) is 21.2 Å². The Morgan fingerprint density at radius 3 is 2.57 bits per heavy atom. The molecule has 0 aliphatic carbocycles. The maximum atomic E-state index is 12.9. The van der Waals surface area contributed by atoms with Crippen molar-refractivity contribution in [3.8, 4) is 0 Å². The smallest absolute Gasteiger partial charge is 0.256 e. The van der Waals surface area contributed by atoms with Crippen LogP contribution in [0.15, 0.2) is 24.3 Å². The van der Waals surface area contributed by atoms with Gasteiger partial charge in [0.15, 0.2) is 0 Å². The molecule has 0 bridgehead atoms. The second-order valence-electron chi connectivity index (χ2n) is 6.53. The van der Waals surface area contributed by atoms with Gasteiger partial charge < -0.3 is 15.1 Å². The van der Waals surface area contributed by atoms with Crippen LogP contribution in [0.25, 0.3) is 0 Å². The van der Waals surface area contributed by atoms with E-state index in [9.17, 15) is 4.79 Å². The summed E-state index contributed by atoms with van der Waals surface area (Å²) in [6.45, 7) is 5.07. The van der Waals surface area contributed by atoms with Crippen LogP contribution in [0.5, 0.6) is 0 Å². The largest absolute Gasteiger partial charge is 0.371 e. The first kappa shape index (κ1) is 18.4. The van der Waals surface area contributed by atoms with Crippen LogP contribution in [-0.2, 0) is 0 Å². The molecule has 1 amide bonds. The second-order valence-corrected chi connectivity index (χ2v) is 6.53. The SMILES string of the molecule is Cl.Cl.O=C(c1ccccc1N1CCCC1)N1C[C@@H]2CCN[C@@H]2C1. The van der Waals surface area contributed by atoms with E-state index < -0.39 is 0 Å². The number of carbonyl (C=O) groups is 1. The molecule has 1 aromatic rings. The normalized spacial score (nSPS) is 25.7. The summed E-state index contributed by atoms with van der Waals surface area (Å²) in [5.41, 5.74) is 2.02. The van der Waals surface area contributed by atoms with Gasteiger partial charge in [0.1, 0.15) is 0 Å². The highest BCUT2D eigenvalue weighted by molar-refractivity contribution is 6.00. The molecule has 0 unspecified atom stereocenters. The van der Waals surface area contributed by atoms with Gasteiger partial charge in [-0.15, -0.1) is 24.8 Å². The average Bonchev–Trinajstić information content (AvgIpc) is 3.22. The first-order chi connectivity index (χ1) is 10.3. The summed E-state index contributed by atoms with van der Waals surface area (Å²) in [7, 11) is 0. The Hall–Kier alpha value is -0.970. The lowest BCUT2D eigenvalue weighted by molar-refractivity contribution is 0.0783. The summed E-state index contributed by atoms with van der Waals surface area (Å²) in [5, 5.41) is 3.52. The van der Waals surface area contributed by atoms with Crippen molar-refractivity contribution in [3.63, 3.8) is 0 Å². The Bertz CT molecular complexity index is 536. The Morgan fingerprint density at radius 2 is 1.83 bits per heavy atom. The van der Waals surface area contributed by atoms with Gasteiger partial charge in [-0.2, -0.15) is 0 Å². The molecule has 0 radical (unpaired) electrons. The van der Waals surface area contributed by atoms with Gasteiger partial charge in [-0.1, -0.05) is 12.1 Å². The molecule has 128 valence electrons. The minimum absolute atomic E-state index is 0. The van der Waals surface area contributed by atoms with Crippen molar-refractivity contribution in [2.45, 2.75) is 25.3 Å². The fraction of sp³-hybridized carbons (Fsp3) is 0.588. The van der Waals surface area contributed by atoms with E-state index in [1.54, 1.807) is 0 Å². The molecule has 1 aromatic carbocycles. The van der Waals surface area contributed by atoms with Gasteiger partial charge in [0, 0.05) is 37.9 Å². The van der Waals surface area contributed by atoms with Gasteiger partial charge in [-0.3, -0.25) is 4.79 Å². The number of nitrogens with one attached hydrogen (secondary N) is 1. The number of rotatable bonds is 2. The Morgan fingerprint density at radius 1 is 1.09 bits per heavy atom. The van der Waals surface area contributed by atoms with Crippen molar-refractivity contribution in [2.24, 2.45) is 5.92 Å². The molecule has 4 rings (SSSR count). The minimum Gasteiger partial charge on any atom is -0.371 e. The third-order valence-corrected chi connectivity index (χ3v) is 5.23. The summed E-state index contributed by atoms with van der Waals surface area (Å²) in [4.78, 5) is 17.3. The lowest BCUT2D eigenvalue weighted by Gasteiger charge is -2.24. The molecule has 0 aromatic heterocycles. The van der Waals surface area contributed by atoms with Crippen LogP contribution in [0.2, 0.25) is 0 Å². The van der Waals surface area contributed by atoms with E-state index >= 15 is 0 Å². The fourth-order valence-corrected chi connectivity index (χ4v) is 4.07. The zero-order valence-electron chi connectivity index (χ0n) is 13.2. The number of para-hydroxylation sites is 1. The third kappa shape index (κ3) is 3.44. The molecule has 4 nitrogen and oxygen atoms in total. The molecule has 3 aliphatic heterocycles. The molecule has 3 fully saturated rings. The van der Waals surface area contributed by atoms with Crippen LogP contribution in [0.3, 0.4) is 0 Å². The highest BCUT2D eigenvalue weighted by Crippen LogP contribution is 2.29. The van der Waals surface area contributed by atoms with E-state index in [1.807, 2.05) is 18.2 Å². The molecule has 0 spiro atoms. The van der Waals surface area contributed by atoms with E-state index in [0.717, 1.165) is 44.0 Å². The van der Waals surface area contributed by atoms with Gasteiger partial charge in [0.2, 0.25) is 0 Å². The summed E-state index contributed by atoms with van der Waals surface area (Å²) in [6, 6.07) is 8.66. The quantitative estimate of drug-likeness (QED) is 0.883. The summed E-state index contributed by atoms with van der Waals surface area (Å²) < 4.78 is 0. The highest BCUT2D eigenvalue weighted by atomic mass is 35.5. The zero-order valence-corrected chi connectivity index (χ0v) is 14.9. The van der Waals surface area contributed by atoms with Crippen LogP contribution in [0, 0.1) is 5.92 Å². The van der Waals surface area contributed by atoms with E-state index in [1.165, 1.54) is 19.3 Å². The Labute approximate surface area is 150 Å². The van der Waals surface area contributed by atoms with Crippen LogP contribution in [0.1, 0.15) is 29.6 Å². The standard InChI is InChI=1S/C17H23N3O.2ClH/c21-17(20-11-13-7-8-18-15(13)12-20)14-5-1-2-6-16(14)19-9-3-4-10-19;;/h1-2,5-6,13,15,18H,3-4,7-12H2;2*1H/t13-,15+;;/m0../s1. The number of nitrogens with zero attached hydrogens (tertiary/aromatic N) is 2. The first-order valence-electron chi connectivity index (χ1n) is 8.19. The summed E-state index contributed by atoms with van der Waals surface area (Å²) in [5.74, 6) is 0.876. The van der Waals surface area contributed by atoms with E-state index in [-0.39, 0.29) is 30.7 Å². The van der Waals surface area contributed by atoms with Crippen molar-refractivity contribution < 1.29 is 4.79 Å². The van der Waals surface area contributed by atoms with Crippen molar-refractivity contribution in [1.82, 2.24) is 10.2 Å². The van der Waals surface area contributed by atoms with Crippen molar-refractivity contribution in [1.29, 1.82) is 0 Å². The molecular weight excluding hydrogens is 333 g/mol. The summed E-state index contributed by atoms with van der Waals surface area (Å²) >= 11 is 0. The number of likely N-dealkylation sites (tertiary alicyclic amines) is 1. The Kier molecular flexibility index (Phi) is 6.18. The number of carbonyl (C=O) groups excluding carboxylic acids is 1. The topological polar surface area (TPSA) is 35.6 Å². The fourth-order valence-electron chi connectivity index (χ4n) is 4.07. The molecule has 6 heteroatoms. The molecule has 23 heavy (non-hydrogen) atoms. The van der Waals surface area contributed by atoms with Crippen molar-refractivity contribution >= 4 is 36.4 Å². The predicted octanol–water partition coefficient (Wildman–Crippen LogP) is 2.56. The van der Waals surface area contributed by atoms with Gasteiger partial charge in [0.05, 0.1) is 5.56 Å². The molecular formula is C17H25Cl2N3O. The highest BCUT2D eigenvalue weighted by Gasteiger charge is 2.38. The van der Waals surface area contributed by atoms with Gasteiger partial charge in [0.25, 0.3) is 5.91 Å². The molecule has 2 atom stereocenters. The lowest BCUT2D eigenvalue weighted by Crippen LogP contribution is -2.35. The number of benzene rings is 1. The molecule has 3 aliphatic rings. The van der Waals surface area contributed by atoms with Gasteiger partial charge in [-0.25, -0.2) is 0 Å². The number of fused-ring (bicyclic) bond motifs is 1. The zero-order chi connectivity index (χ0) is 14.2. The van der Waals surface area contributed by atoms with Crippen molar-refractivity contribution in [3.05, 3.63) is 29.8 Å². The van der Waals surface area contributed by atoms with Crippen molar-refractivity contribution in [2.75, 3.05) is 37.6 Å². The maximum Gasteiger partial charge on any atom is 0.256 e. The van der Waals surface area contributed by atoms with Crippen LogP contribution >= 0.6 is 24.8 Å². The van der Waals surface area contributed by atoms with Crippen LogP contribution in [0.4, 0.5) is 5.69 Å². The monoisotopic (exact) mass is 357 g/mol. The van der Waals surface area contributed by atoms with E-state index in [0.29, 0.717) is 12.0 Å². The predicted molar refractivity (Wildman–Crippen MR) is 98.2 cm³/mol. The molecule has 3 saturated heterocycles. The molecule has 0 saturated carbocycles. The van der Waals surface area contributed by atoms with E-state index in [4.69, 9.17) is 0 Å².